The first-order chi connectivity index (χ1) is 6.60. The van der Waals surface area contributed by atoms with Gasteiger partial charge in [-0.3, -0.25) is 0 Å². The summed E-state index contributed by atoms with van der Waals surface area (Å²) in [5.41, 5.74) is 3.81. The number of nitrogens with zero attached hydrogens (tertiary/aromatic N) is 2. The lowest BCUT2D eigenvalue weighted by molar-refractivity contribution is 1.11. The zero-order chi connectivity index (χ0) is 10.7. The molecule has 0 aliphatic carbocycles. The molecule has 0 unspecified atom stereocenters. The van der Waals surface area contributed by atoms with Gasteiger partial charge >= 0.3 is 0 Å². The van der Waals surface area contributed by atoms with Crippen molar-refractivity contribution in [1.29, 1.82) is 5.26 Å². The van der Waals surface area contributed by atoms with E-state index in [1.807, 2.05) is 38.1 Å². The predicted molar refractivity (Wildman–Crippen MR) is 60.3 cm³/mol. The van der Waals surface area contributed by atoms with Crippen LogP contribution in [0.2, 0.25) is 0 Å². The van der Waals surface area contributed by atoms with Crippen LogP contribution in [0.4, 0.5) is 5.69 Å². The minimum Gasteiger partial charge on any atom is -0.377 e. The van der Waals surface area contributed by atoms with Crippen molar-refractivity contribution in [3.05, 3.63) is 35.4 Å². The van der Waals surface area contributed by atoms with E-state index >= 15 is 0 Å². The topological polar surface area (TPSA) is 27.0 Å². The third-order valence-electron chi connectivity index (χ3n) is 2.19. The van der Waals surface area contributed by atoms with Crippen molar-refractivity contribution in [3.8, 4) is 6.07 Å². The van der Waals surface area contributed by atoms with Crippen molar-refractivity contribution in [1.82, 2.24) is 0 Å². The molecular formula is C12H14N2. The fourth-order valence-electron chi connectivity index (χ4n) is 1.46. The third-order valence-corrected chi connectivity index (χ3v) is 2.19. The average molecular weight is 186 g/mol. The van der Waals surface area contributed by atoms with Gasteiger partial charge in [-0.05, 0) is 30.2 Å². The van der Waals surface area contributed by atoms with Crippen LogP contribution in [0.3, 0.4) is 0 Å². The second-order valence-electron chi connectivity index (χ2n) is 3.44. The molecule has 0 bridgehead atoms. The number of aryl methyl sites for hydroxylation is 1. The van der Waals surface area contributed by atoms with Gasteiger partial charge in [0.1, 0.15) is 0 Å². The fourth-order valence-corrected chi connectivity index (χ4v) is 1.46. The molecule has 0 radical (unpaired) electrons. The first kappa shape index (κ1) is 10.3. The first-order valence-corrected chi connectivity index (χ1v) is 4.44. The Hall–Kier alpha value is -1.75. The Bertz CT molecular complexity index is 398. The average Bonchev–Trinajstić information content (AvgIpc) is 2.16. The molecule has 0 saturated carbocycles. The molecule has 0 aromatic heterocycles. The van der Waals surface area contributed by atoms with Crippen LogP contribution in [0.25, 0.3) is 6.08 Å². The smallest absolute Gasteiger partial charge is 0.0998 e. The van der Waals surface area contributed by atoms with Crippen molar-refractivity contribution < 1.29 is 0 Å². The number of rotatable bonds is 2. The molecule has 2 nitrogen and oxygen atoms in total. The fraction of sp³-hybridized carbons (Fsp3) is 0.250. The van der Waals surface area contributed by atoms with E-state index < -0.39 is 0 Å². The van der Waals surface area contributed by atoms with Crippen LogP contribution in [-0.2, 0) is 0 Å². The second-order valence-corrected chi connectivity index (χ2v) is 3.44. The van der Waals surface area contributed by atoms with Crippen molar-refractivity contribution in [2.45, 2.75) is 6.92 Å². The lowest BCUT2D eigenvalue weighted by atomic mass is 10.0. The monoisotopic (exact) mass is 186 g/mol. The molecule has 0 aliphatic heterocycles. The summed E-state index contributed by atoms with van der Waals surface area (Å²) in [4.78, 5) is 2.03. The summed E-state index contributed by atoms with van der Waals surface area (Å²) in [5, 5.41) is 8.89. The summed E-state index contributed by atoms with van der Waals surface area (Å²) in [7, 11) is 3.97. The minimum atomic E-state index is 0.683. The van der Waals surface area contributed by atoms with Gasteiger partial charge in [-0.2, -0.15) is 5.26 Å². The Morgan fingerprint density at radius 1 is 1.43 bits per heavy atom. The molecule has 0 amide bonds. The van der Waals surface area contributed by atoms with Gasteiger partial charge in [0, 0.05) is 19.8 Å². The van der Waals surface area contributed by atoms with Gasteiger partial charge in [-0.25, -0.2) is 0 Å². The lowest BCUT2D eigenvalue weighted by Gasteiger charge is -2.16. The van der Waals surface area contributed by atoms with E-state index in [1.54, 1.807) is 6.08 Å². The zero-order valence-electron chi connectivity index (χ0n) is 8.83. The largest absolute Gasteiger partial charge is 0.377 e. The van der Waals surface area contributed by atoms with E-state index in [2.05, 4.69) is 12.6 Å². The highest BCUT2D eigenvalue weighted by molar-refractivity contribution is 5.66. The van der Waals surface area contributed by atoms with E-state index in [9.17, 15) is 0 Å². The Labute approximate surface area is 85.1 Å². The van der Waals surface area contributed by atoms with Crippen LogP contribution in [0.5, 0.6) is 0 Å². The summed E-state index contributed by atoms with van der Waals surface area (Å²) in [6, 6.07) is 6.05. The summed E-state index contributed by atoms with van der Waals surface area (Å²) in [6.45, 7) is 5.70. The maximum Gasteiger partial charge on any atom is 0.0998 e. The van der Waals surface area contributed by atoms with Crippen molar-refractivity contribution in [2.75, 3.05) is 19.0 Å². The quantitative estimate of drug-likeness (QED) is 0.709. The Balaban J connectivity index is 3.39. The molecule has 0 spiro atoms. The number of anilines is 1. The number of hydrogen-bond acceptors (Lipinski definition) is 2. The normalized spacial score (nSPS) is 9.29. The van der Waals surface area contributed by atoms with Gasteiger partial charge < -0.3 is 4.90 Å². The molecule has 1 aromatic carbocycles. The molecule has 1 rings (SSSR count). The van der Waals surface area contributed by atoms with Gasteiger partial charge in [0.25, 0.3) is 0 Å². The molecule has 0 heterocycles. The highest BCUT2D eigenvalue weighted by Gasteiger charge is 2.05. The second kappa shape index (κ2) is 3.97. The molecule has 0 N–H and O–H groups in total. The van der Waals surface area contributed by atoms with Gasteiger partial charge in [-0.1, -0.05) is 12.7 Å². The molecule has 2 heteroatoms. The van der Waals surface area contributed by atoms with E-state index in [4.69, 9.17) is 5.26 Å². The lowest BCUT2D eigenvalue weighted by Crippen LogP contribution is -2.10. The first-order valence-electron chi connectivity index (χ1n) is 4.44. The Morgan fingerprint density at radius 2 is 2.07 bits per heavy atom. The molecule has 14 heavy (non-hydrogen) atoms. The summed E-state index contributed by atoms with van der Waals surface area (Å²) in [6.07, 6.45) is 1.71. The SMILES string of the molecule is C=Cc1cc(N(C)C)c(C)cc1C#N. The van der Waals surface area contributed by atoms with E-state index in [0.29, 0.717) is 5.56 Å². The van der Waals surface area contributed by atoms with Crippen molar-refractivity contribution in [3.63, 3.8) is 0 Å². The minimum absolute atomic E-state index is 0.683. The standard InChI is InChI=1S/C12H14N2/c1-5-10-7-12(14(3)4)9(2)6-11(10)8-13/h5-7H,1H2,2-4H3. The van der Waals surface area contributed by atoms with E-state index in [-0.39, 0.29) is 0 Å². The third kappa shape index (κ3) is 1.77. The summed E-state index contributed by atoms with van der Waals surface area (Å²) in [5.74, 6) is 0. The van der Waals surface area contributed by atoms with Crippen LogP contribution in [-0.4, -0.2) is 14.1 Å². The van der Waals surface area contributed by atoms with Crippen molar-refractivity contribution >= 4 is 11.8 Å². The van der Waals surface area contributed by atoms with E-state index in [0.717, 1.165) is 16.8 Å². The van der Waals surface area contributed by atoms with Gasteiger partial charge in [0.05, 0.1) is 11.6 Å². The predicted octanol–water partition coefficient (Wildman–Crippen LogP) is 2.58. The molecular weight excluding hydrogens is 172 g/mol. The maximum absolute atomic E-state index is 8.89. The Morgan fingerprint density at radius 3 is 2.50 bits per heavy atom. The van der Waals surface area contributed by atoms with Crippen molar-refractivity contribution in [2.24, 2.45) is 0 Å². The highest BCUT2D eigenvalue weighted by atomic mass is 15.1. The summed E-state index contributed by atoms with van der Waals surface area (Å²) < 4.78 is 0. The summed E-state index contributed by atoms with van der Waals surface area (Å²) >= 11 is 0. The number of hydrogen-bond donors (Lipinski definition) is 0. The van der Waals surface area contributed by atoms with Crippen LogP contribution in [0.1, 0.15) is 16.7 Å². The molecule has 1 aromatic rings. The van der Waals surface area contributed by atoms with Crippen LogP contribution >= 0.6 is 0 Å². The van der Waals surface area contributed by atoms with Gasteiger partial charge in [-0.15, -0.1) is 0 Å². The number of benzene rings is 1. The van der Waals surface area contributed by atoms with Gasteiger partial charge in [0.15, 0.2) is 0 Å². The molecule has 0 fully saturated rings. The maximum atomic E-state index is 8.89. The van der Waals surface area contributed by atoms with Crippen LogP contribution in [0, 0.1) is 18.3 Å². The number of nitriles is 1. The van der Waals surface area contributed by atoms with Crippen LogP contribution < -0.4 is 4.90 Å². The molecule has 0 saturated heterocycles. The molecule has 0 atom stereocenters. The molecule has 0 aliphatic rings. The molecule has 72 valence electrons. The Kier molecular flexibility index (Phi) is 2.93. The highest BCUT2D eigenvalue weighted by Crippen LogP contribution is 2.23. The van der Waals surface area contributed by atoms with E-state index in [1.165, 1.54) is 0 Å². The zero-order valence-corrected chi connectivity index (χ0v) is 8.83. The van der Waals surface area contributed by atoms with Gasteiger partial charge in [0.2, 0.25) is 0 Å². The van der Waals surface area contributed by atoms with Crippen LogP contribution in [0.15, 0.2) is 18.7 Å².